The lowest BCUT2D eigenvalue weighted by atomic mass is 9.98. The first-order valence-electron chi connectivity index (χ1n) is 7.37. The van der Waals surface area contributed by atoms with E-state index < -0.39 is 10.0 Å². The molecule has 0 radical (unpaired) electrons. The minimum absolute atomic E-state index is 0.379. The summed E-state index contributed by atoms with van der Waals surface area (Å²) in [6, 6.07) is 6.92. The monoisotopic (exact) mass is 296 g/mol. The van der Waals surface area contributed by atoms with Gasteiger partial charge in [0, 0.05) is 19.6 Å². The second kappa shape index (κ2) is 6.70. The average Bonchev–Trinajstić information content (AvgIpc) is 2.73. The van der Waals surface area contributed by atoms with Crippen LogP contribution in [0.3, 0.4) is 0 Å². The smallest absolute Gasteiger partial charge is 0.243 e. The molecule has 1 fully saturated rings. The zero-order valence-corrected chi connectivity index (χ0v) is 12.9. The van der Waals surface area contributed by atoms with Crippen LogP contribution in [0.15, 0.2) is 29.2 Å². The molecule has 1 aromatic rings. The highest BCUT2D eigenvalue weighted by atomic mass is 32.2. The lowest BCUT2D eigenvalue weighted by Crippen LogP contribution is -2.32. The molecule has 1 aromatic carbocycles. The van der Waals surface area contributed by atoms with E-state index >= 15 is 0 Å². The Morgan fingerprint density at radius 2 is 1.90 bits per heavy atom. The van der Waals surface area contributed by atoms with Crippen LogP contribution in [0.1, 0.15) is 38.2 Å². The number of nitrogens with zero attached hydrogens (tertiary/aromatic N) is 1. The van der Waals surface area contributed by atoms with Crippen LogP contribution in [-0.2, 0) is 16.6 Å². The Morgan fingerprint density at radius 1 is 1.20 bits per heavy atom. The van der Waals surface area contributed by atoms with Crippen LogP contribution in [0.5, 0.6) is 0 Å². The third-order valence-corrected chi connectivity index (χ3v) is 6.09. The zero-order valence-electron chi connectivity index (χ0n) is 12.1. The van der Waals surface area contributed by atoms with Crippen LogP contribution in [0.4, 0.5) is 0 Å². The molecule has 1 unspecified atom stereocenters. The summed E-state index contributed by atoms with van der Waals surface area (Å²) in [6.07, 6.45) is 4.20. The molecule has 0 aromatic heterocycles. The number of hydrogen-bond acceptors (Lipinski definition) is 3. The molecule has 0 bridgehead atoms. The molecule has 0 amide bonds. The van der Waals surface area contributed by atoms with Gasteiger partial charge in [0.15, 0.2) is 0 Å². The van der Waals surface area contributed by atoms with Crippen molar-refractivity contribution in [2.45, 2.75) is 44.0 Å². The summed E-state index contributed by atoms with van der Waals surface area (Å²) in [5.41, 5.74) is 6.49. The van der Waals surface area contributed by atoms with Gasteiger partial charge in [-0.15, -0.1) is 0 Å². The Balaban J connectivity index is 2.16. The van der Waals surface area contributed by atoms with Crippen molar-refractivity contribution >= 4 is 10.0 Å². The summed E-state index contributed by atoms with van der Waals surface area (Å²) in [6.45, 7) is 3.89. The van der Waals surface area contributed by atoms with Crippen LogP contribution in [0.2, 0.25) is 0 Å². The van der Waals surface area contributed by atoms with Crippen molar-refractivity contribution in [2.75, 3.05) is 13.1 Å². The summed E-state index contributed by atoms with van der Waals surface area (Å²) in [5, 5.41) is 0. The van der Waals surface area contributed by atoms with Gasteiger partial charge in [0.25, 0.3) is 0 Å². The SMILES string of the molecule is CCC1CCCN(S(=O)(=O)c2ccc(CN)cc2)CC1. The van der Waals surface area contributed by atoms with E-state index in [-0.39, 0.29) is 0 Å². The fourth-order valence-electron chi connectivity index (χ4n) is 2.73. The maximum atomic E-state index is 12.6. The van der Waals surface area contributed by atoms with Crippen molar-refractivity contribution in [1.29, 1.82) is 0 Å². The molecule has 1 aliphatic rings. The zero-order chi connectivity index (χ0) is 14.6. The summed E-state index contributed by atoms with van der Waals surface area (Å²) in [5.74, 6) is 0.662. The maximum Gasteiger partial charge on any atom is 0.243 e. The van der Waals surface area contributed by atoms with Crippen molar-refractivity contribution in [2.24, 2.45) is 11.7 Å². The van der Waals surface area contributed by atoms with Gasteiger partial charge in [0.2, 0.25) is 10.0 Å². The fourth-order valence-corrected chi connectivity index (χ4v) is 4.23. The maximum absolute atomic E-state index is 12.6. The second-order valence-electron chi connectivity index (χ2n) is 5.46. The highest BCUT2D eigenvalue weighted by Crippen LogP contribution is 2.24. The van der Waals surface area contributed by atoms with E-state index in [1.807, 2.05) is 0 Å². The summed E-state index contributed by atoms with van der Waals surface area (Å²) < 4.78 is 26.9. The number of rotatable bonds is 4. The number of hydrogen-bond donors (Lipinski definition) is 1. The van der Waals surface area contributed by atoms with Gasteiger partial charge in [0.1, 0.15) is 0 Å². The van der Waals surface area contributed by atoms with Crippen molar-refractivity contribution in [1.82, 2.24) is 4.31 Å². The van der Waals surface area contributed by atoms with Crippen LogP contribution in [0.25, 0.3) is 0 Å². The molecule has 112 valence electrons. The Kier molecular flexibility index (Phi) is 5.18. The molecule has 4 nitrogen and oxygen atoms in total. The van der Waals surface area contributed by atoms with Crippen LogP contribution in [0, 0.1) is 5.92 Å². The predicted octanol–water partition coefficient (Wildman–Crippen LogP) is 2.35. The van der Waals surface area contributed by atoms with Crippen molar-refractivity contribution in [3.05, 3.63) is 29.8 Å². The lowest BCUT2D eigenvalue weighted by molar-refractivity contribution is 0.407. The third-order valence-electron chi connectivity index (χ3n) is 4.18. The molecule has 1 saturated heterocycles. The minimum Gasteiger partial charge on any atom is -0.326 e. The average molecular weight is 296 g/mol. The molecule has 1 atom stereocenters. The molecule has 20 heavy (non-hydrogen) atoms. The van der Waals surface area contributed by atoms with Crippen LogP contribution in [-0.4, -0.2) is 25.8 Å². The first kappa shape index (κ1) is 15.5. The molecule has 0 saturated carbocycles. The quantitative estimate of drug-likeness (QED) is 0.927. The largest absolute Gasteiger partial charge is 0.326 e. The standard InChI is InChI=1S/C15H24N2O2S/c1-2-13-4-3-10-17(11-9-13)20(18,19)15-7-5-14(12-16)6-8-15/h5-8,13H,2-4,9-12,16H2,1H3. The van der Waals surface area contributed by atoms with Crippen molar-refractivity contribution < 1.29 is 8.42 Å². The Bertz CT molecular complexity index is 525. The van der Waals surface area contributed by atoms with E-state index in [4.69, 9.17) is 5.73 Å². The van der Waals surface area contributed by atoms with Gasteiger partial charge in [0.05, 0.1) is 4.90 Å². The first-order chi connectivity index (χ1) is 9.57. The Hall–Kier alpha value is -0.910. The topological polar surface area (TPSA) is 63.4 Å². The summed E-state index contributed by atoms with van der Waals surface area (Å²) >= 11 is 0. The minimum atomic E-state index is -3.35. The third kappa shape index (κ3) is 3.40. The van der Waals surface area contributed by atoms with Gasteiger partial charge < -0.3 is 5.73 Å². The van der Waals surface area contributed by atoms with E-state index in [0.717, 1.165) is 31.2 Å². The van der Waals surface area contributed by atoms with Crippen molar-refractivity contribution in [3.8, 4) is 0 Å². The number of benzene rings is 1. The van der Waals surface area contributed by atoms with E-state index in [9.17, 15) is 8.42 Å². The Labute approximate surface area is 122 Å². The van der Waals surface area contributed by atoms with Crippen LogP contribution < -0.4 is 5.73 Å². The lowest BCUT2D eigenvalue weighted by Gasteiger charge is -2.20. The van der Waals surface area contributed by atoms with Gasteiger partial charge >= 0.3 is 0 Å². The number of sulfonamides is 1. The van der Waals surface area contributed by atoms with E-state index in [0.29, 0.717) is 30.4 Å². The van der Waals surface area contributed by atoms with E-state index in [1.54, 1.807) is 28.6 Å². The highest BCUT2D eigenvalue weighted by Gasteiger charge is 2.26. The van der Waals surface area contributed by atoms with Crippen LogP contribution >= 0.6 is 0 Å². The van der Waals surface area contributed by atoms with Gasteiger partial charge in [-0.05, 0) is 42.9 Å². The molecular formula is C15H24N2O2S. The highest BCUT2D eigenvalue weighted by molar-refractivity contribution is 7.89. The molecule has 1 heterocycles. The van der Waals surface area contributed by atoms with Gasteiger partial charge in [-0.25, -0.2) is 8.42 Å². The molecule has 5 heteroatoms. The molecule has 1 aliphatic heterocycles. The predicted molar refractivity (Wildman–Crippen MR) is 80.7 cm³/mol. The normalized spacial score (nSPS) is 21.6. The number of nitrogens with two attached hydrogens (primary N) is 1. The summed E-state index contributed by atoms with van der Waals surface area (Å²) in [7, 11) is -3.35. The molecular weight excluding hydrogens is 272 g/mol. The van der Waals surface area contributed by atoms with Gasteiger partial charge in [-0.1, -0.05) is 25.5 Å². The fraction of sp³-hybridized carbons (Fsp3) is 0.600. The van der Waals surface area contributed by atoms with E-state index in [1.165, 1.54) is 0 Å². The first-order valence-corrected chi connectivity index (χ1v) is 8.81. The second-order valence-corrected chi connectivity index (χ2v) is 7.40. The molecule has 2 N–H and O–H groups in total. The molecule has 2 rings (SSSR count). The van der Waals surface area contributed by atoms with Gasteiger partial charge in [-0.3, -0.25) is 0 Å². The van der Waals surface area contributed by atoms with E-state index in [2.05, 4.69) is 6.92 Å². The van der Waals surface area contributed by atoms with Gasteiger partial charge in [-0.2, -0.15) is 4.31 Å². The molecule has 0 aliphatic carbocycles. The molecule has 0 spiro atoms. The summed E-state index contributed by atoms with van der Waals surface area (Å²) in [4.78, 5) is 0.379. The van der Waals surface area contributed by atoms with Crippen molar-refractivity contribution in [3.63, 3.8) is 0 Å². The Morgan fingerprint density at radius 3 is 2.50 bits per heavy atom.